The number of benzene rings is 1. The predicted octanol–water partition coefficient (Wildman–Crippen LogP) is 7.39. The molecule has 3 nitrogen and oxygen atoms in total. The van der Waals surface area contributed by atoms with Crippen molar-refractivity contribution >= 4 is 5.97 Å². The Morgan fingerprint density at radius 3 is 2.26 bits per heavy atom. The lowest BCUT2D eigenvalue weighted by atomic mass is 9.84. The van der Waals surface area contributed by atoms with Crippen LogP contribution < -0.4 is 5.32 Å². The van der Waals surface area contributed by atoms with Crippen LogP contribution in [-0.2, 0) is 15.1 Å². The van der Waals surface area contributed by atoms with Crippen LogP contribution in [0.2, 0.25) is 0 Å². The minimum Gasteiger partial charge on any atom is -0.454 e. The third kappa shape index (κ3) is 8.96. The Bertz CT molecular complexity index is 594. The van der Waals surface area contributed by atoms with Gasteiger partial charge in [0.05, 0.1) is 5.92 Å². The SMILES string of the molecule is CCCCCCCCC(CCCC(C)CC)C(=O)OC1(c2ccccc2)CCNCC1. The van der Waals surface area contributed by atoms with Crippen molar-refractivity contribution in [2.45, 2.75) is 110 Å². The zero-order chi connectivity index (χ0) is 22.4. The molecule has 1 aliphatic rings. The van der Waals surface area contributed by atoms with Crippen molar-refractivity contribution in [1.29, 1.82) is 0 Å². The fourth-order valence-electron chi connectivity index (χ4n) is 4.77. The second-order valence-electron chi connectivity index (χ2n) is 9.73. The number of carbonyl (C=O) groups excluding carboxylic acids is 1. The Morgan fingerprint density at radius 1 is 0.935 bits per heavy atom. The van der Waals surface area contributed by atoms with Crippen molar-refractivity contribution in [3.63, 3.8) is 0 Å². The molecule has 2 rings (SSSR count). The maximum absolute atomic E-state index is 13.5. The van der Waals surface area contributed by atoms with Gasteiger partial charge in [0.2, 0.25) is 0 Å². The van der Waals surface area contributed by atoms with Gasteiger partial charge in [-0.25, -0.2) is 0 Å². The second-order valence-corrected chi connectivity index (χ2v) is 9.73. The van der Waals surface area contributed by atoms with Crippen LogP contribution in [0.4, 0.5) is 0 Å². The largest absolute Gasteiger partial charge is 0.454 e. The summed E-state index contributed by atoms with van der Waals surface area (Å²) in [6.07, 6.45) is 14.8. The van der Waals surface area contributed by atoms with Crippen molar-refractivity contribution < 1.29 is 9.53 Å². The molecule has 3 heteroatoms. The first-order valence-corrected chi connectivity index (χ1v) is 13.1. The van der Waals surface area contributed by atoms with E-state index in [0.29, 0.717) is 0 Å². The Morgan fingerprint density at radius 2 is 1.58 bits per heavy atom. The number of hydrogen-bond acceptors (Lipinski definition) is 3. The lowest BCUT2D eigenvalue weighted by Crippen LogP contribution is -2.44. The minimum atomic E-state index is -0.459. The number of ether oxygens (including phenoxy) is 1. The summed E-state index contributed by atoms with van der Waals surface area (Å²) in [6.45, 7) is 8.64. The van der Waals surface area contributed by atoms with Crippen molar-refractivity contribution in [2.75, 3.05) is 13.1 Å². The molecule has 0 spiro atoms. The number of rotatable bonds is 15. The molecule has 31 heavy (non-hydrogen) atoms. The van der Waals surface area contributed by atoms with Crippen LogP contribution in [0.3, 0.4) is 0 Å². The van der Waals surface area contributed by atoms with Crippen LogP contribution in [-0.4, -0.2) is 19.1 Å². The summed E-state index contributed by atoms with van der Waals surface area (Å²) in [7, 11) is 0. The molecule has 1 aromatic carbocycles. The van der Waals surface area contributed by atoms with Crippen LogP contribution >= 0.6 is 0 Å². The maximum atomic E-state index is 13.5. The van der Waals surface area contributed by atoms with Crippen molar-refractivity contribution in [2.24, 2.45) is 11.8 Å². The fourth-order valence-corrected chi connectivity index (χ4v) is 4.77. The number of unbranched alkanes of at least 4 members (excludes halogenated alkanes) is 5. The van der Waals surface area contributed by atoms with Gasteiger partial charge in [0.25, 0.3) is 0 Å². The normalized spacial score (nSPS) is 17.8. The van der Waals surface area contributed by atoms with Gasteiger partial charge >= 0.3 is 5.97 Å². The zero-order valence-corrected chi connectivity index (χ0v) is 20.5. The topological polar surface area (TPSA) is 38.3 Å². The molecule has 0 amide bonds. The first kappa shape index (κ1) is 25.9. The smallest absolute Gasteiger partial charge is 0.309 e. The minimum absolute atomic E-state index is 0.0449. The van der Waals surface area contributed by atoms with E-state index in [9.17, 15) is 4.79 Å². The molecule has 0 bridgehead atoms. The van der Waals surface area contributed by atoms with Gasteiger partial charge in [0.1, 0.15) is 5.60 Å². The standard InChI is InChI=1S/C28H47NO2/c1-4-6-7-8-9-11-16-25(17-14-15-24(3)5-2)27(30)31-28(20-22-29-23-21-28)26-18-12-10-13-19-26/h10,12-13,18-19,24-25,29H,4-9,11,14-17,20-23H2,1-3H3. The molecule has 1 heterocycles. The molecule has 176 valence electrons. The lowest BCUT2D eigenvalue weighted by Gasteiger charge is -2.38. The average Bonchev–Trinajstić information content (AvgIpc) is 2.81. The van der Waals surface area contributed by atoms with Crippen LogP contribution in [0.25, 0.3) is 0 Å². The molecule has 1 N–H and O–H groups in total. The van der Waals surface area contributed by atoms with Gasteiger partial charge in [0, 0.05) is 12.8 Å². The van der Waals surface area contributed by atoms with Crippen LogP contribution in [0.1, 0.15) is 110 Å². The van der Waals surface area contributed by atoms with E-state index in [-0.39, 0.29) is 11.9 Å². The molecule has 1 aromatic rings. The Balaban J connectivity index is 2.00. The first-order chi connectivity index (χ1) is 15.1. The highest BCUT2D eigenvalue weighted by molar-refractivity contribution is 5.73. The van der Waals surface area contributed by atoms with E-state index < -0.39 is 5.60 Å². The number of piperidine rings is 1. The third-order valence-corrected chi connectivity index (χ3v) is 7.19. The second kappa shape index (κ2) is 14.7. The monoisotopic (exact) mass is 429 g/mol. The third-order valence-electron chi connectivity index (χ3n) is 7.19. The van der Waals surface area contributed by atoms with Crippen molar-refractivity contribution in [3.05, 3.63) is 35.9 Å². The summed E-state index contributed by atoms with van der Waals surface area (Å²) >= 11 is 0. The van der Waals surface area contributed by atoms with Gasteiger partial charge in [-0.3, -0.25) is 4.79 Å². The summed E-state index contributed by atoms with van der Waals surface area (Å²) in [4.78, 5) is 13.5. The summed E-state index contributed by atoms with van der Waals surface area (Å²) < 4.78 is 6.43. The van der Waals surface area contributed by atoms with E-state index in [0.717, 1.165) is 63.1 Å². The van der Waals surface area contributed by atoms with E-state index in [4.69, 9.17) is 4.74 Å². The lowest BCUT2D eigenvalue weighted by molar-refractivity contribution is -0.170. The van der Waals surface area contributed by atoms with Gasteiger partial charge in [0.15, 0.2) is 0 Å². The molecule has 0 aromatic heterocycles. The molecule has 1 fully saturated rings. The van der Waals surface area contributed by atoms with Crippen molar-refractivity contribution in [1.82, 2.24) is 5.32 Å². The summed E-state index contributed by atoms with van der Waals surface area (Å²) in [5.41, 5.74) is 0.697. The van der Waals surface area contributed by atoms with Crippen LogP contribution in [0, 0.1) is 11.8 Å². The van der Waals surface area contributed by atoms with E-state index in [1.165, 1.54) is 44.9 Å². The quantitative estimate of drug-likeness (QED) is 0.233. The molecule has 2 unspecified atom stereocenters. The molecule has 0 saturated carbocycles. The zero-order valence-electron chi connectivity index (χ0n) is 20.5. The number of carbonyl (C=O) groups is 1. The number of esters is 1. The molecular formula is C28H47NO2. The fraction of sp³-hybridized carbons (Fsp3) is 0.750. The number of hydrogen-bond donors (Lipinski definition) is 1. The highest BCUT2D eigenvalue weighted by Crippen LogP contribution is 2.36. The average molecular weight is 430 g/mol. The molecule has 0 radical (unpaired) electrons. The summed E-state index contributed by atoms with van der Waals surface area (Å²) in [5.74, 6) is 0.833. The van der Waals surface area contributed by atoms with Crippen LogP contribution in [0.5, 0.6) is 0 Å². The predicted molar refractivity (Wildman–Crippen MR) is 131 cm³/mol. The summed E-state index contributed by atoms with van der Waals surface area (Å²) in [5, 5.41) is 3.43. The Labute approximate surface area is 191 Å². The van der Waals surface area contributed by atoms with E-state index in [1.807, 2.05) is 6.07 Å². The highest BCUT2D eigenvalue weighted by atomic mass is 16.6. The van der Waals surface area contributed by atoms with E-state index in [2.05, 4.69) is 50.4 Å². The first-order valence-electron chi connectivity index (χ1n) is 13.1. The molecular weight excluding hydrogens is 382 g/mol. The van der Waals surface area contributed by atoms with Gasteiger partial charge in [-0.2, -0.15) is 0 Å². The molecule has 1 aliphatic heterocycles. The Kier molecular flexibility index (Phi) is 12.3. The summed E-state index contributed by atoms with van der Waals surface area (Å²) in [6, 6.07) is 10.4. The molecule has 0 aliphatic carbocycles. The van der Waals surface area contributed by atoms with Gasteiger partial charge in [-0.1, -0.05) is 109 Å². The Hall–Kier alpha value is -1.35. The van der Waals surface area contributed by atoms with E-state index in [1.54, 1.807) is 0 Å². The highest BCUT2D eigenvalue weighted by Gasteiger charge is 2.39. The van der Waals surface area contributed by atoms with Gasteiger partial charge in [-0.15, -0.1) is 0 Å². The molecule has 2 atom stereocenters. The van der Waals surface area contributed by atoms with Crippen LogP contribution in [0.15, 0.2) is 30.3 Å². The maximum Gasteiger partial charge on any atom is 0.309 e. The van der Waals surface area contributed by atoms with Gasteiger partial charge < -0.3 is 10.1 Å². The van der Waals surface area contributed by atoms with E-state index >= 15 is 0 Å². The van der Waals surface area contributed by atoms with Crippen molar-refractivity contribution in [3.8, 4) is 0 Å². The molecule has 1 saturated heterocycles. The number of nitrogens with one attached hydrogen (secondary N) is 1. The van der Waals surface area contributed by atoms with Gasteiger partial charge in [-0.05, 0) is 37.4 Å².